The standard InChI is InChI=1S/C19H26N2O6/c1-2-24-12-17(22)20-8-10-26-19(14-20)15-21(9-11-27-19)18(23)13-25-16-6-4-3-5-7-16/h3-7H,2,8-15H2,1H3. The molecule has 2 aliphatic heterocycles. The highest BCUT2D eigenvalue weighted by Crippen LogP contribution is 2.25. The predicted octanol–water partition coefficient (Wildman–Crippen LogP) is 0.516. The molecule has 2 aliphatic rings. The second kappa shape index (κ2) is 9.16. The van der Waals surface area contributed by atoms with Gasteiger partial charge in [-0.15, -0.1) is 0 Å². The van der Waals surface area contributed by atoms with Crippen molar-refractivity contribution in [2.24, 2.45) is 0 Å². The van der Waals surface area contributed by atoms with Crippen LogP contribution in [0.15, 0.2) is 30.3 Å². The fraction of sp³-hybridized carbons (Fsp3) is 0.579. The topological polar surface area (TPSA) is 77.5 Å². The van der Waals surface area contributed by atoms with Gasteiger partial charge in [0.15, 0.2) is 6.61 Å². The van der Waals surface area contributed by atoms with Gasteiger partial charge in [0.05, 0.1) is 26.3 Å². The molecule has 1 unspecified atom stereocenters. The van der Waals surface area contributed by atoms with E-state index in [1.54, 1.807) is 21.9 Å². The number of amides is 2. The molecular weight excluding hydrogens is 352 g/mol. The quantitative estimate of drug-likeness (QED) is 0.718. The van der Waals surface area contributed by atoms with Gasteiger partial charge in [-0.3, -0.25) is 9.59 Å². The molecule has 8 nitrogen and oxygen atoms in total. The van der Waals surface area contributed by atoms with Crippen molar-refractivity contribution in [2.45, 2.75) is 12.7 Å². The highest BCUT2D eigenvalue weighted by Gasteiger charge is 2.44. The maximum absolute atomic E-state index is 12.5. The van der Waals surface area contributed by atoms with Gasteiger partial charge >= 0.3 is 0 Å². The van der Waals surface area contributed by atoms with Crippen LogP contribution >= 0.6 is 0 Å². The van der Waals surface area contributed by atoms with Crippen LogP contribution in [0, 0.1) is 0 Å². The van der Waals surface area contributed by atoms with E-state index in [0.717, 1.165) is 0 Å². The average Bonchev–Trinajstić information content (AvgIpc) is 2.71. The Kier molecular flexibility index (Phi) is 6.65. The Morgan fingerprint density at radius 1 is 1.00 bits per heavy atom. The minimum Gasteiger partial charge on any atom is -0.484 e. The third-order valence-electron chi connectivity index (χ3n) is 4.56. The smallest absolute Gasteiger partial charge is 0.260 e. The summed E-state index contributed by atoms with van der Waals surface area (Å²) in [6.45, 7) is 4.54. The van der Waals surface area contributed by atoms with Crippen molar-refractivity contribution in [3.8, 4) is 5.75 Å². The summed E-state index contributed by atoms with van der Waals surface area (Å²) in [5.41, 5.74) is 0. The lowest BCUT2D eigenvalue weighted by atomic mass is 10.1. The third kappa shape index (κ3) is 5.18. The second-order valence-corrected chi connectivity index (χ2v) is 6.48. The van der Waals surface area contributed by atoms with E-state index in [9.17, 15) is 9.59 Å². The van der Waals surface area contributed by atoms with Crippen molar-refractivity contribution < 1.29 is 28.5 Å². The van der Waals surface area contributed by atoms with Crippen LogP contribution in [0.1, 0.15) is 6.92 Å². The average molecular weight is 378 g/mol. The number of carbonyl (C=O) groups is 2. The van der Waals surface area contributed by atoms with E-state index in [1.165, 1.54) is 0 Å². The van der Waals surface area contributed by atoms with Gasteiger partial charge in [-0.25, -0.2) is 0 Å². The van der Waals surface area contributed by atoms with E-state index < -0.39 is 5.79 Å². The van der Waals surface area contributed by atoms with Crippen molar-refractivity contribution in [1.82, 2.24) is 9.80 Å². The molecule has 0 N–H and O–H groups in total. The number of carbonyl (C=O) groups excluding carboxylic acids is 2. The molecule has 0 bridgehead atoms. The molecule has 1 atom stereocenters. The van der Waals surface area contributed by atoms with Gasteiger partial charge in [0.25, 0.3) is 5.91 Å². The Balaban J connectivity index is 1.55. The number of hydrogen-bond donors (Lipinski definition) is 0. The lowest BCUT2D eigenvalue weighted by molar-refractivity contribution is -0.287. The van der Waals surface area contributed by atoms with E-state index in [1.807, 2.05) is 25.1 Å². The Labute approximate surface area is 158 Å². The highest BCUT2D eigenvalue weighted by molar-refractivity contribution is 5.78. The van der Waals surface area contributed by atoms with Gasteiger partial charge in [-0.1, -0.05) is 18.2 Å². The summed E-state index contributed by atoms with van der Waals surface area (Å²) >= 11 is 0. The maximum Gasteiger partial charge on any atom is 0.260 e. The summed E-state index contributed by atoms with van der Waals surface area (Å²) in [6.07, 6.45) is 0. The van der Waals surface area contributed by atoms with Crippen molar-refractivity contribution in [3.05, 3.63) is 30.3 Å². The zero-order valence-electron chi connectivity index (χ0n) is 15.6. The summed E-state index contributed by atoms with van der Waals surface area (Å²) in [4.78, 5) is 28.1. The van der Waals surface area contributed by atoms with Gasteiger partial charge < -0.3 is 28.7 Å². The minimum atomic E-state index is -0.985. The number of rotatable bonds is 6. The first-order chi connectivity index (χ1) is 13.1. The lowest BCUT2D eigenvalue weighted by Crippen LogP contribution is -2.64. The van der Waals surface area contributed by atoms with Gasteiger partial charge in [0.2, 0.25) is 11.7 Å². The molecule has 3 rings (SSSR count). The van der Waals surface area contributed by atoms with E-state index >= 15 is 0 Å². The lowest BCUT2D eigenvalue weighted by Gasteiger charge is -2.47. The molecule has 1 spiro atoms. The zero-order chi connectivity index (χ0) is 19.1. The third-order valence-corrected chi connectivity index (χ3v) is 4.56. The number of ether oxygens (including phenoxy) is 4. The fourth-order valence-corrected chi connectivity index (χ4v) is 3.16. The Bertz CT molecular complexity index is 636. The van der Waals surface area contributed by atoms with Crippen molar-refractivity contribution >= 4 is 11.8 Å². The summed E-state index contributed by atoms with van der Waals surface area (Å²) in [5, 5.41) is 0. The number of morpholine rings is 2. The number of nitrogens with zero attached hydrogens (tertiary/aromatic N) is 2. The summed E-state index contributed by atoms with van der Waals surface area (Å²) in [6, 6.07) is 9.21. The van der Waals surface area contributed by atoms with Crippen LogP contribution in [0.25, 0.3) is 0 Å². The Morgan fingerprint density at radius 2 is 1.59 bits per heavy atom. The first-order valence-corrected chi connectivity index (χ1v) is 9.21. The number of hydrogen-bond acceptors (Lipinski definition) is 6. The molecule has 0 aliphatic carbocycles. The van der Waals surface area contributed by atoms with Crippen LogP contribution in [0.5, 0.6) is 5.75 Å². The molecule has 148 valence electrons. The van der Waals surface area contributed by atoms with Gasteiger partial charge in [-0.2, -0.15) is 0 Å². The van der Waals surface area contributed by atoms with Crippen LogP contribution in [0.3, 0.4) is 0 Å². The first kappa shape index (κ1) is 19.6. The zero-order valence-corrected chi connectivity index (χ0v) is 15.6. The van der Waals surface area contributed by atoms with Gasteiger partial charge in [0, 0.05) is 19.7 Å². The van der Waals surface area contributed by atoms with Crippen LogP contribution in [0.2, 0.25) is 0 Å². The molecule has 0 radical (unpaired) electrons. The number of benzene rings is 1. The van der Waals surface area contributed by atoms with Crippen LogP contribution in [0.4, 0.5) is 0 Å². The van der Waals surface area contributed by atoms with Crippen molar-refractivity contribution in [3.63, 3.8) is 0 Å². The van der Waals surface area contributed by atoms with Gasteiger partial charge in [-0.05, 0) is 19.1 Å². The van der Waals surface area contributed by atoms with E-state index in [0.29, 0.717) is 38.7 Å². The SMILES string of the molecule is CCOCC(=O)N1CCOC2(C1)CN(C(=O)COc1ccccc1)CCO2. The summed E-state index contributed by atoms with van der Waals surface area (Å²) in [7, 11) is 0. The summed E-state index contributed by atoms with van der Waals surface area (Å²) in [5.74, 6) is -0.571. The molecule has 1 aromatic rings. The molecule has 1 aromatic carbocycles. The molecule has 8 heteroatoms. The van der Waals surface area contributed by atoms with Crippen LogP contribution < -0.4 is 4.74 Å². The molecule has 2 amide bonds. The first-order valence-electron chi connectivity index (χ1n) is 9.21. The second-order valence-electron chi connectivity index (χ2n) is 6.48. The normalized spacial score (nSPS) is 22.7. The molecule has 27 heavy (non-hydrogen) atoms. The van der Waals surface area contributed by atoms with Crippen LogP contribution in [-0.2, 0) is 23.8 Å². The van der Waals surface area contributed by atoms with Gasteiger partial charge in [0.1, 0.15) is 12.4 Å². The predicted molar refractivity (Wildman–Crippen MR) is 96.2 cm³/mol. The molecule has 0 saturated carbocycles. The highest BCUT2D eigenvalue weighted by atomic mass is 16.7. The van der Waals surface area contributed by atoms with Crippen molar-refractivity contribution in [1.29, 1.82) is 0 Å². The molecule has 0 aromatic heterocycles. The largest absolute Gasteiger partial charge is 0.484 e. The van der Waals surface area contributed by atoms with E-state index in [2.05, 4.69) is 0 Å². The molecule has 2 fully saturated rings. The minimum absolute atomic E-state index is 0.0418. The van der Waals surface area contributed by atoms with E-state index in [4.69, 9.17) is 18.9 Å². The number of para-hydroxylation sites is 1. The fourth-order valence-electron chi connectivity index (χ4n) is 3.16. The van der Waals surface area contributed by atoms with Crippen LogP contribution in [-0.4, -0.2) is 86.6 Å². The Hall–Kier alpha value is -2.16. The monoisotopic (exact) mass is 378 g/mol. The van der Waals surface area contributed by atoms with Crippen molar-refractivity contribution in [2.75, 3.05) is 59.2 Å². The Morgan fingerprint density at radius 3 is 2.19 bits per heavy atom. The molecule has 2 heterocycles. The maximum atomic E-state index is 12.5. The molecule has 2 saturated heterocycles. The van der Waals surface area contributed by atoms with E-state index in [-0.39, 0.29) is 38.1 Å². The summed E-state index contributed by atoms with van der Waals surface area (Å²) < 4.78 is 22.4. The molecular formula is C19H26N2O6.